The van der Waals surface area contributed by atoms with Crippen molar-refractivity contribution in [1.82, 2.24) is 15.1 Å². The maximum atomic E-state index is 10.5. The zero-order chi connectivity index (χ0) is 22.6. The molecule has 0 aliphatic carbocycles. The van der Waals surface area contributed by atoms with Crippen LogP contribution in [-0.4, -0.2) is 87.7 Å². The number of nitrogens with zero attached hydrogens (tertiary/aromatic N) is 2. The molecule has 0 amide bonds. The van der Waals surface area contributed by atoms with Gasteiger partial charge in [0.1, 0.15) is 12.7 Å². The lowest BCUT2D eigenvalue weighted by Gasteiger charge is -2.26. The van der Waals surface area contributed by atoms with Crippen LogP contribution < -0.4 is 14.8 Å². The number of likely N-dealkylation sites (N-methyl/N-ethyl adjacent to an activating group) is 1. The number of rotatable bonds is 13. The number of hydrogen-bond donors (Lipinski definition) is 2. The quantitative estimate of drug-likeness (QED) is 0.459. The van der Waals surface area contributed by atoms with E-state index >= 15 is 0 Å². The van der Waals surface area contributed by atoms with Gasteiger partial charge in [-0.15, -0.1) is 0 Å². The van der Waals surface area contributed by atoms with Crippen molar-refractivity contribution < 1.29 is 19.3 Å². The van der Waals surface area contributed by atoms with E-state index in [2.05, 4.69) is 27.2 Å². The Morgan fingerprint density at radius 3 is 2.62 bits per heavy atom. The average molecular weight is 444 g/mol. The van der Waals surface area contributed by atoms with Gasteiger partial charge in [0.05, 0.1) is 20.3 Å². The molecule has 1 aliphatic rings. The van der Waals surface area contributed by atoms with Gasteiger partial charge in [-0.3, -0.25) is 9.80 Å². The standard InChI is InChI=1S/C25H37N3O4/c1-27(18-21-6-4-3-5-7-21)19-23(29)20-32-25-16-22(8-9-24(25)30-2)17-26-10-11-28-12-14-31-15-13-28/h3-9,16,23,26,29H,10-15,17-20H2,1-2H3. The number of aliphatic hydroxyl groups excluding tert-OH is 1. The van der Waals surface area contributed by atoms with Crippen molar-refractivity contribution >= 4 is 0 Å². The summed E-state index contributed by atoms with van der Waals surface area (Å²) >= 11 is 0. The fraction of sp³-hybridized carbons (Fsp3) is 0.520. The van der Waals surface area contributed by atoms with Crippen LogP contribution in [0.4, 0.5) is 0 Å². The molecule has 2 aromatic rings. The molecule has 1 unspecified atom stereocenters. The van der Waals surface area contributed by atoms with Gasteiger partial charge in [-0.05, 0) is 30.3 Å². The first-order valence-corrected chi connectivity index (χ1v) is 11.3. The van der Waals surface area contributed by atoms with Gasteiger partial charge in [-0.1, -0.05) is 36.4 Å². The molecule has 0 radical (unpaired) electrons. The fourth-order valence-corrected chi connectivity index (χ4v) is 3.80. The molecule has 2 aromatic carbocycles. The first-order chi connectivity index (χ1) is 15.6. The summed E-state index contributed by atoms with van der Waals surface area (Å²) in [5, 5.41) is 13.9. The van der Waals surface area contributed by atoms with Crippen LogP contribution in [-0.2, 0) is 17.8 Å². The molecule has 176 valence electrons. The van der Waals surface area contributed by atoms with Gasteiger partial charge in [-0.25, -0.2) is 0 Å². The maximum absolute atomic E-state index is 10.5. The van der Waals surface area contributed by atoms with Crippen LogP contribution in [0.25, 0.3) is 0 Å². The lowest BCUT2D eigenvalue weighted by molar-refractivity contribution is 0.0384. The number of ether oxygens (including phenoxy) is 3. The van der Waals surface area contributed by atoms with E-state index in [-0.39, 0.29) is 6.61 Å². The predicted molar refractivity (Wildman–Crippen MR) is 126 cm³/mol. The van der Waals surface area contributed by atoms with Crippen molar-refractivity contribution in [2.75, 3.05) is 66.7 Å². The second-order valence-corrected chi connectivity index (χ2v) is 8.26. The fourth-order valence-electron chi connectivity index (χ4n) is 3.80. The summed E-state index contributed by atoms with van der Waals surface area (Å²) in [6.07, 6.45) is -0.594. The molecule has 32 heavy (non-hydrogen) atoms. The normalized spacial score (nSPS) is 15.6. The van der Waals surface area contributed by atoms with Crippen LogP contribution in [0.1, 0.15) is 11.1 Å². The van der Waals surface area contributed by atoms with E-state index < -0.39 is 6.10 Å². The molecular weight excluding hydrogens is 406 g/mol. The third kappa shape index (κ3) is 8.41. The van der Waals surface area contributed by atoms with E-state index in [1.165, 1.54) is 5.56 Å². The minimum absolute atomic E-state index is 0.212. The highest BCUT2D eigenvalue weighted by molar-refractivity contribution is 5.43. The van der Waals surface area contributed by atoms with E-state index in [0.29, 0.717) is 18.0 Å². The SMILES string of the molecule is COc1ccc(CNCCN2CCOCC2)cc1OCC(O)CN(C)Cc1ccccc1. The second-order valence-electron chi connectivity index (χ2n) is 8.26. The van der Waals surface area contributed by atoms with Gasteiger partial charge in [0.25, 0.3) is 0 Å². The molecule has 0 spiro atoms. The lowest BCUT2D eigenvalue weighted by atomic mass is 10.2. The number of hydrogen-bond acceptors (Lipinski definition) is 7. The Hall–Kier alpha value is -2.16. The van der Waals surface area contributed by atoms with Crippen molar-refractivity contribution in [3.8, 4) is 11.5 Å². The molecule has 0 bridgehead atoms. The van der Waals surface area contributed by atoms with Crippen molar-refractivity contribution in [1.29, 1.82) is 0 Å². The molecule has 1 heterocycles. The van der Waals surface area contributed by atoms with Crippen LogP contribution in [0.2, 0.25) is 0 Å². The number of morpholine rings is 1. The van der Waals surface area contributed by atoms with Crippen LogP contribution in [0, 0.1) is 0 Å². The number of methoxy groups -OCH3 is 1. The number of benzene rings is 2. The zero-order valence-electron chi connectivity index (χ0n) is 19.3. The molecule has 2 N–H and O–H groups in total. The van der Waals surface area contributed by atoms with Crippen LogP contribution in [0.3, 0.4) is 0 Å². The van der Waals surface area contributed by atoms with Gasteiger partial charge < -0.3 is 24.6 Å². The second kappa shape index (κ2) is 13.4. The maximum Gasteiger partial charge on any atom is 0.161 e. The first kappa shape index (κ1) is 24.5. The van der Waals surface area contributed by atoms with Crippen molar-refractivity contribution in [3.05, 3.63) is 59.7 Å². The molecular formula is C25H37N3O4. The van der Waals surface area contributed by atoms with Crippen LogP contribution in [0.15, 0.2) is 48.5 Å². The summed E-state index contributed by atoms with van der Waals surface area (Å²) < 4.78 is 16.8. The van der Waals surface area contributed by atoms with Gasteiger partial charge in [-0.2, -0.15) is 0 Å². The molecule has 7 heteroatoms. The molecule has 1 saturated heterocycles. The highest BCUT2D eigenvalue weighted by Crippen LogP contribution is 2.28. The van der Waals surface area contributed by atoms with E-state index in [1.807, 2.05) is 43.4 Å². The minimum Gasteiger partial charge on any atom is -0.493 e. The number of nitrogens with one attached hydrogen (secondary N) is 1. The van der Waals surface area contributed by atoms with Crippen molar-refractivity contribution in [3.63, 3.8) is 0 Å². The van der Waals surface area contributed by atoms with Crippen molar-refractivity contribution in [2.45, 2.75) is 19.2 Å². The predicted octanol–water partition coefficient (Wildman–Crippen LogP) is 1.99. The molecule has 3 rings (SSSR count). The number of aliphatic hydroxyl groups is 1. The zero-order valence-corrected chi connectivity index (χ0v) is 19.3. The topological polar surface area (TPSA) is 66.4 Å². The lowest BCUT2D eigenvalue weighted by Crippen LogP contribution is -2.40. The summed E-state index contributed by atoms with van der Waals surface area (Å²) in [4.78, 5) is 4.50. The van der Waals surface area contributed by atoms with E-state index in [9.17, 15) is 5.11 Å². The van der Waals surface area contributed by atoms with Crippen LogP contribution in [0.5, 0.6) is 11.5 Å². The third-order valence-corrected chi connectivity index (χ3v) is 5.51. The Bertz CT molecular complexity index is 784. The molecule has 0 saturated carbocycles. The largest absolute Gasteiger partial charge is 0.493 e. The smallest absolute Gasteiger partial charge is 0.161 e. The average Bonchev–Trinajstić information content (AvgIpc) is 2.82. The summed E-state index contributed by atoms with van der Waals surface area (Å²) in [7, 11) is 3.63. The Kier molecular flexibility index (Phi) is 10.3. The summed E-state index contributed by atoms with van der Waals surface area (Å²) in [6.45, 7) is 7.89. The summed E-state index contributed by atoms with van der Waals surface area (Å²) in [5.74, 6) is 1.33. The Balaban J connectivity index is 1.42. The van der Waals surface area contributed by atoms with Gasteiger partial charge in [0.15, 0.2) is 11.5 Å². The Labute approximate surface area is 191 Å². The van der Waals surface area contributed by atoms with E-state index in [1.54, 1.807) is 7.11 Å². The Morgan fingerprint density at radius 2 is 1.88 bits per heavy atom. The van der Waals surface area contributed by atoms with Gasteiger partial charge >= 0.3 is 0 Å². The van der Waals surface area contributed by atoms with Crippen molar-refractivity contribution in [2.24, 2.45) is 0 Å². The minimum atomic E-state index is -0.594. The molecule has 1 aliphatic heterocycles. The van der Waals surface area contributed by atoms with Crippen LogP contribution >= 0.6 is 0 Å². The molecule has 0 aromatic heterocycles. The molecule has 7 nitrogen and oxygen atoms in total. The van der Waals surface area contributed by atoms with Gasteiger partial charge in [0, 0.05) is 45.8 Å². The van der Waals surface area contributed by atoms with E-state index in [4.69, 9.17) is 14.2 Å². The Morgan fingerprint density at radius 1 is 1.09 bits per heavy atom. The van der Waals surface area contributed by atoms with Gasteiger partial charge in [0.2, 0.25) is 0 Å². The molecule has 1 atom stereocenters. The highest BCUT2D eigenvalue weighted by atomic mass is 16.5. The first-order valence-electron chi connectivity index (χ1n) is 11.3. The monoisotopic (exact) mass is 443 g/mol. The van der Waals surface area contributed by atoms with E-state index in [0.717, 1.165) is 58.0 Å². The molecule has 1 fully saturated rings. The third-order valence-electron chi connectivity index (χ3n) is 5.51. The summed E-state index contributed by atoms with van der Waals surface area (Å²) in [6, 6.07) is 16.2. The summed E-state index contributed by atoms with van der Waals surface area (Å²) in [5.41, 5.74) is 2.34. The highest BCUT2D eigenvalue weighted by Gasteiger charge is 2.13.